The van der Waals surface area contributed by atoms with E-state index in [9.17, 15) is 10.0 Å². The van der Waals surface area contributed by atoms with Crippen LogP contribution in [0, 0.1) is 13.8 Å². The van der Waals surface area contributed by atoms with Crippen molar-refractivity contribution in [2.75, 3.05) is 7.05 Å². The normalized spacial score (nSPS) is 11.4. The highest BCUT2D eigenvalue weighted by atomic mass is 16.5. The number of amides is 1. The molecule has 0 aliphatic carbocycles. The van der Waals surface area contributed by atoms with Crippen LogP contribution in [0.25, 0.3) is 5.69 Å². The van der Waals surface area contributed by atoms with Crippen LogP contribution < -0.4 is 4.74 Å². The molecule has 0 saturated carbocycles. The molecule has 0 aliphatic heterocycles. The second-order valence-electron chi connectivity index (χ2n) is 5.89. The van der Waals surface area contributed by atoms with E-state index in [-0.39, 0.29) is 0 Å². The Labute approximate surface area is 130 Å². The van der Waals surface area contributed by atoms with Crippen LogP contribution in [-0.4, -0.2) is 33.4 Å². The predicted octanol–water partition coefficient (Wildman–Crippen LogP) is 3.10. The molecular formula is C17H22N2O3. The summed E-state index contributed by atoms with van der Waals surface area (Å²) in [4.78, 5) is 11.9. The van der Waals surface area contributed by atoms with Gasteiger partial charge in [-0.25, -0.2) is 5.06 Å². The van der Waals surface area contributed by atoms with Crippen LogP contribution in [0.5, 0.6) is 5.75 Å². The van der Waals surface area contributed by atoms with Crippen LogP contribution in [0.15, 0.2) is 36.4 Å². The number of carbonyl (C=O) groups is 1. The molecule has 1 aromatic carbocycles. The van der Waals surface area contributed by atoms with E-state index < -0.39 is 11.5 Å². The summed E-state index contributed by atoms with van der Waals surface area (Å²) in [6.07, 6.45) is 0. The van der Waals surface area contributed by atoms with Crippen molar-refractivity contribution >= 4 is 5.91 Å². The van der Waals surface area contributed by atoms with Gasteiger partial charge >= 0.3 is 0 Å². The Kier molecular flexibility index (Phi) is 4.28. The summed E-state index contributed by atoms with van der Waals surface area (Å²) in [6, 6.07) is 11.7. The molecule has 0 bridgehead atoms. The van der Waals surface area contributed by atoms with Crippen LogP contribution in [-0.2, 0) is 4.79 Å². The third kappa shape index (κ3) is 3.14. The Hall–Kier alpha value is -2.27. The van der Waals surface area contributed by atoms with Crippen LogP contribution in [0.2, 0.25) is 0 Å². The number of aromatic nitrogens is 1. The predicted molar refractivity (Wildman–Crippen MR) is 84.5 cm³/mol. The lowest BCUT2D eigenvalue weighted by atomic mass is 10.1. The second-order valence-corrected chi connectivity index (χ2v) is 5.89. The molecular weight excluding hydrogens is 280 g/mol. The van der Waals surface area contributed by atoms with E-state index in [0.29, 0.717) is 10.8 Å². The maximum Gasteiger partial charge on any atom is 0.289 e. The standard InChI is InChI=1S/C17H22N2O3/c1-12-6-7-13(2)19(12)14-8-10-15(11-9-14)22-17(3,4)16(20)18(5)21/h6-11,21H,1-5H3. The molecule has 0 spiro atoms. The Morgan fingerprint density at radius 3 is 2.05 bits per heavy atom. The van der Waals surface area contributed by atoms with Gasteiger partial charge in [0, 0.05) is 24.1 Å². The van der Waals surface area contributed by atoms with E-state index in [1.807, 2.05) is 24.3 Å². The number of nitrogens with zero attached hydrogens (tertiary/aromatic N) is 2. The molecule has 1 amide bonds. The van der Waals surface area contributed by atoms with Gasteiger partial charge in [-0.1, -0.05) is 0 Å². The van der Waals surface area contributed by atoms with Crippen molar-refractivity contribution in [3.63, 3.8) is 0 Å². The highest BCUT2D eigenvalue weighted by molar-refractivity contribution is 5.83. The van der Waals surface area contributed by atoms with Gasteiger partial charge in [0.05, 0.1) is 0 Å². The van der Waals surface area contributed by atoms with Crippen LogP contribution >= 0.6 is 0 Å². The molecule has 0 aliphatic rings. The maximum absolute atomic E-state index is 11.9. The van der Waals surface area contributed by atoms with E-state index in [0.717, 1.165) is 17.1 Å². The third-order valence-corrected chi connectivity index (χ3v) is 3.55. The maximum atomic E-state index is 11.9. The highest BCUT2D eigenvalue weighted by Crippen LogP contribution is 2.23. The minimum absolute atomic E-state index is 0.506. The average Bonchev–Trinajstić information content (AvgIpc) is 2.78. The molecule has 118 valence electrons. The summed E-state index contributed by atoms with van der Waals surface area (Å²) in [5.41, 5.74) is 2.22. The molecule has 1 N–H and O–H groups in total. The molecule has 0 saturated heterocycles. The lowest BCUT2D eigenvalue weighted by molar-refractivity contribution is -0.174. The SMILES string of the molecule is Cc1ccc(C)n1-c1ccc(OC(C)(C)C(=O)N(C)O)cc1. The first-order valence-corrected chi connectivity index (χ1v) is 7.14. The summed E-state index contributed by atoms with van der Waals surface area (Å²) < 4.78 is 7.84. The quantitative estimate of drug-likeness (QED) is 0.697. The highest BCUT2D eigenvalue weighted by Gasteiger charge is 2.32. The summed E-state index contributed by atoms with van der Waals surface area (Å²) in [7, 11) is 1.29. The molecule has 1 aromatic heterocycles. The Bertz CT molecular complexity index is 650. The Morgan fingerprint density at radius 1 is 1.09 bits per heavy atom. The van der Waals surface area contributed by atoms with Crippen LogP contribution in [0.1, 0.15) is 25.2 Å². The van der Waals surface area contributed by atoms with Gasteiger partial charge < -0.3 is 9.30 Å². The molecule has 22 heavy (non-hydrogen) atoms. The van der Waals surface area contributed by atoms with Gasteiger partial charge in [0.25, 0.3) is 5.91 Å². The molecule has 5 nitrogen and oxygen atoms in total. The van der Waals surface area contributed by atoms with Gasteiger partial charge in [0.15, 0.2) is 5.60 Å². The van der Waals surface area contributed by atoms with E-state index in [2.05, 4.69) is 30.5 Å². The van der Waals surface area contributed by atoms with Crippen LogP contribution in [0.4, 0.5) is 0 Å². The van der Waals surface area contributed by atoms with Gasteiger partial charge in [-0.3, -0.25) is 10.0 Å². The van der Waals surface area contributed by atoms with Crippen molar-refractivity contribution in [2.24, 2.45) is 0 Å². The van der Waals surface area contributed by atoms with Crippen molar-refractivity contribution in [3.05, 3.63) is 47.8 Å². The number of hydroxylamine groups is 2. The minimum Gasteiger partial charge on any atom is -0.478 e. The molecule has 5 heteroatoms. The zero-order valence-corrected chi connectivity index (χ0v) is 13.6. The minimum atomic E-state index is -1.13. The number of likely N-dealkylation sites (N-methyl/N-ethyl adjacent to an activating group) is 1. The fourth-order valence-electron chi connectivity index (χ4n) is 2.47. The van der Waals surface area contributed by atoms with Crippen molar-refractivity contribution < 1.29 is 14.7 Å². The van der Waals surface area contributed by atoms with Gasteiger partial charge in [0.2, 0.25) is 0 Å². The van der Waals surface area contributed by atoms with Gasteiger partial charge in [-0.2, -0.15) is 0 Å². The molecule has 0 unspecified atom stereocenters. The van der Waals surface area contributed by atoms with Gasteiger partial charge in [0.1, 0.15) is 5.75 Å². The Morgan fingerprint density at radius 2 is 1.59 bits per heavy atom. The lowest BCUT2D eigenvalue weighted by Crippen LogP contribution is -2.46. The molecule has 0 atom stereocenters. The smallest absolute Gasteiger partial charge is 0.289 e. The molecule has 0 radical (unpaired) electrons. The number of aryl methyl sites for hydroxylation is 2. The lowest BCUT2D eigenvalue weighted by Gasteiger charge is -2.27. The third-order valence-electron chi connectivity index (χ3n) is 3.55. The molecule has 2 aromatic rings. The fourth-order valence-corrected chi connectivity index (χ4v) is 2.47. The summed E-state index contributed by atoms with van der Waals surface area (Å²) >= 11 is 0. The number of rotatable bonds is 4. The first kappa shape index (κ1) is 16.1. The largest absolute Gasteiger partial charge is 0.478 e. The fraction of sp³-hybridized carbons (Fsp3) is 0.353. The zero-order valence-electron chi connectivity index (χ0n) is 13.6. The zero-order chi connectivity index (χ0) is 16.5. The molecule has 2 rings (SSSR count). The summed E-state index contributed by atoms with van der Waals surface area (Å²) in [6.45, 7) is 7.35. The average molecular weight is 302 g/mol. The van der Waals surface area contributed by atoms with Crippen molar-refractivity contribution in [1.82, 2.24) is 9.63 Å². The number of benzene rings is 1. The number of hydrogen-bond acceptors (Lipinski definition) is 3. The van der Waals surface area contributed by atoms with Gasteiger partial charge in [-0.15, -0.1) is 0 Å². The van der Waals surface area contributed by atoms with E-state index in [1.54, 1.807) is 13.8 Å². The van der Waals surface area contributed by atoms with Crippen molar-refractivity contribution in [1.29, 1.82) is 0 Å². The van der Waals surface area contributed by atoms with E-state index >= 15 is 0 Å². The van der Waals surface area contributed by atoms with Crippen molar-refractivity contribution in [3.8, 4) is 11.4 Å². The molecule has 0 fully saturated rings. The number of hydrogen-bond donors (Lipinski definition) is 1. The summed E-state index contributed by atoms with van der Waals surface area (Å²) in [5, 5.41) is 9.81. The topological polar surface area (TPSA) is 54.7 Å². The Balaban J connectivity index is 2.21. The monoisotopic (exact) mass is 302 g/mol. The van der Waals surface area contributed by atoms with Crippen molar-refractivity contribution in [2.45, 2.75) is 33.3 Å². The van der Waals surface area contributed by atoms with E-state index in [1.165, 1.54) is 7.05 Å². The first-order valence-electron chi connectivity index (χ1n) is 7.14. The van der Waals surface area contributed by atoms with E-state index in [4.69, 9.17) is 4.74 Å². The first-order chi connectivity index (χ1) is 10.2. The number of ether oxygens (including phenoxy) is 1. The van der Waals surface area contributed by atoms with Crippen LogP contribution in [0.3, 0.4) is 0 Å². The van der Waals surface area contributed by atoms with Gasteiger partial charge in [-0.05, 0) is 64.1 Å². The molecule has 1 heterocycles. The summed E-state index contributed by atoms with van der Waals surface area (Å²) in [5.74, 6) is 0.0695. The second kappa shape index (κ2) is 5.85. The number of carbonyl (C=O) groups excluding carboxylic acids is 1.